The summed E-state index contributed by atoms with van der Waals surface area (Å²) in [7, 11) is 0. The predicted octanol–water partition coefficient (Wildman–Crippen LogP) is 4.22. The molecule has 0 atom stereocenters. The molecular weight excluding hydrogens is 358 g/mol. The van der Waals surface area contributed by atoms with Gasteiger partial charge in [0.05, 0.1) is 5.56 Å². The van der Waals surface area contributed by atoms with E-state index in [0.29, 0.717) is 30.5 Å². The first-order valence-corrected chi connectivity index (χ1v) is 8.15. The highest BCUT2D eigenvalue weighted by atomic mass is 35.5. The summed E-state index contributed by atoms with van der Waals surface area (Å²) in [4.78, 5) is 8.04. The van der Waals surface area contributed by atoms with Gasteiger partial charge in [0.1, 0.15) is 11.6 Å². The van der Waals surface area contributed by atoms with Gasteiger partial charge in [-0.2, -0.15) is 13.2 Å². The molecule has 1 aliphatic rings. The first-order valence-electron chi connectivity index (χ1n) is 7.77. The van der Waals surface area contributed by atoms with Crippen molar-refractivity contribution in [3.63, 3.8) is 0 Å². The van der Waals surface area contributed by atoms with E-state index < -0.39 is 11.7 Å². The maximum absolute atomic E-state index is 13.1. The fourth-order valence-electron chi connectivity index (χ4n) is 2.77. The van der Waals surface area contributed by atoms with Crippen LogP contribution in [-0.2, 0) is 12.7 Å². The van der Waals surface area contributed by atoms with Crippen LogP contribution in [-0.4, -0.2) is 36.1 Å². The minimum atomic E-state index is -4.38. The summed E-state index contributed by atoms with van der Waals surface area (Å²) in [5.74, 6) is 0.166. The van der Waals surface area contributed by atoms with Crippen LogP contribution in [0.4, 0.5) is 23.4 Å². The Morgan fingerprint density at radius 2 is 1.76 bits per heavy atom. The van der Waals surface area contributed by atoms with Gasteiger partial charge in [-0.3, -0.25) is 4.90 Å². The van der Waals surface area contributed by atoms with Crippen LogP contribution in [0, 0.1) is 5.82 Å². The number of hydrogen-bond acceptors (Lipinski definition) is 3. The van der Waals surface area contributed by atoms with E-state index in [0.717, 1.165) is 30.9 Å². The number of benzene rings is 1. The zero-order valence-electron chi connectivity index (χ0n) is 13.2. The monoisotopic (exact) mass is 373 g/mol. The molecule has 1 saturated heterocycles. The topological polar surface area (TPSA) is 19.4 Å². The summed E-state index contributed by atoms with van der Waals surface area (Å²) in [6, 6.07) is 6.78. The Morgan fingerprint density at radius 3 is 2.32 bits per heavy atom. The minimum Gasteiger partial charge on any atom is -0.354 e. The van der Waals surface area contributed by atoms with Crippen LogP contribution in [0.15, 0.2) is 36.5 Å². The molecule has 25 heavy (non-hydrogen) atoms. The number of piperazine rings is 1. The Hall–Kier alpha value is -1.86. The van der Waals surface area contributed by atoms with E-state index in [4.69, 9.17) is 11.6 Å². The van der Waals surface area contributed by atoms with Crippen molar-refractivity contribution in [1.82, 2.24) is 9.88 Å². The lowest BCUT2D eigenvalue weighted by atomic mass is 10.2. The van der Waals surface area contributed by atoms with E-state index in [-0.39, 0.29) is 5.82 Å². The van der Waals surface area contributed by atoms with E-state index in [1.807, 2.05) is 4.90 Å². The van der Waals surface area contributed by atoms with Gasteiger partial charge in [-0.25, -0.2) is 9.37 Å². The van der Waals surface area contributed by atoms with Gasteiger partial charge in [0.2, 0.25) is 0 Å². The summed E-state index contributed by atoms with van der Waals surface area (Å²) in [5.41, 5.74) is 0.102. The fourth-order valence-corrected chi connectivity index (χ4v) is 2.99. The highest BCUT2D eigenvalue weighted by molar-refractivity contribution is 6.31. The highest BCUT2D eigenvalue weighted by Crippen LogP contribution is 2.29. The molecule has 2 aromatic rings. The van der Waals surface area contributed by atoms with E-state index in [9.17, 15) is 17.6 Å². The Labute approximate surface area is 147 Å². The number of aromatic nitrogens is 1. The third-order valence-electron chi connectivity index (χ3n) is 4.18. The molecule has 0 radical (unpaired) electrons. The second-order valence-corrected chi connectivity index (χ2v) is 6.31. The molecule has 1 aliphatic heterocycles. The van der Waals surface area contributed by atoms with Crippen molar-refractivity contribution in [2.75, 3.05) is 31.1 Å². The quantitative estimate of drug-likeness (QED) is 0.751. The number of rotatable bonds is 3. The van der Waals surface area contributed by atoms with E-state index in [2.05, 4.69) is 9.88 Å². The maximum atomic E-state index is 13.1. The summed E-state index contributed by atoms with van der Waals surface area (Å²) in [5, 5.41) is 0.395. The average Bonchev–Trinajstić information content (AvgIpc) is 2.57. The normalized spacial score (nSPS) is 16.3. The van der Waals surface area contributed by atoms with Gasteiger partial charge in [0.25, 0.3) is 0 Å². The molecule has 0 unspecified atom stereocenters. The molecule has 134 valence electrons. The summed E-state index contributed by atoms with van der Waals surface area (Å²) in [6.45, 7) is 3.34. The first-order chi connectivity index (χ1) is 11.8. The molecule has 1 aromatic carbocycles. The second kappa shape index (κ2) is 7.17. The van der Waals surface area contributed by atoms with Gasteiger partial charge in [0, 0.05) is 43.9 Å². The third-order valence-corrected chi connectivity index (χ3v) is 4.53. The number of pyridine rings is 1. The van der Waals surface area contributed by atoms with Crippen LogP contribution in [0.3, 0.4) is 0 Å². The predicted molar refractivity (Wildman–Crippen MR) is 88.1 cm³/mol. The van der Waals surface area contributed by atoms with Crippen LogP contribution >= 0.6 is 11.6 Å². The number of nitrogens with zero attached hydrogens (tertiary/aromatic N) is 3. The molecule has 3 rings (SSSR count). The molecule has 0 amide bonds. The van der Waals surface area contributed by atoms with Crippen LogP contribution < -0.4 is 4.90 Å². The Bertz CT molecular complexity index is 726. The van der Waals surface area contributed by atoms with Crippen molar-refractivity contribution in [3.8, 4) is 0 Å². The van der Waals surface area contributed by atoms with Crippen LogP contribution in [0.2, 0.25) is 5.02 Å². The number of alkyl halides is 3. The fraction of sp³-hybridized carbons (Fsp3) is 0.353. The number of hydrogen-bond donors (Lipinski definition) is 0. The van der Waals surface area contributed by atoms with Gasteiger partial charge >= 0.3 is 6.18 Å². The van der Waals surface area contributed by atoms with E-state index >= 15 is 0 Å². The van der Waals surface area contributed by atoms with E-state index in [1.165, 1.54) is 18.2 Å². The Morgan fingerprint density at radius 1 is 1.04 bits per heavy atom. The molecular formula is C17H16ClF4N3. The minimum absolute atomic E-state index is 0.369. The van der Waals surface area contributed by atoms with Crippen molar-refractivity contribution in [1.29, 1.82) is 0 Å². The summed E-state index contributed by atoms with van der Waals surface area (Å²) >= 11 is 6.05. The summed E-state index contributed by atoms with van der Waals surface area (Å²) in [6.07, 6.45) is -3.52. The number of halogens is 5. The second-order valence-electron chi connectivity index (χ2n) is 5.90. The van der Waals surface area contributed by atoms with Gasteiger partial charge in [-0.1, -0.05) is 17.7 Å². The zero-order chi connectivity index (χ0) is 18.0. The maximum Gasteiger partial charge on any atom is 0.417 e. The lowest BCUT2D eigenvalue weighted by Gasteiger charge is -2.35. The SMILES string of the molecule is Fc1ccc(CN2CCN(c3ccc(C(F)(F)F)cn3)CC2)c(Cl)c1. The van der Waals surface area contributed by atoms with Crippen molar-refractivity contribution < 1.29 is 17.6 Å². The molecule has 1 fully saturated rings. The van der Waals surface area contributed by atoms with Crippen molar-refractivity contribution in [3.05, 3.63) is 58.5 Å². The van der Waals surface area contributed by atoms with Gasteiger partial charge < -0.3 is 4.90 Å². The lowest BCUT2D eigenvalue weighted by molar-refractivity contribution is -0.137. The Balaban J connectivity index is 1.58. The molecule has 0 N–H and O–H groups in total. The average molecular weight is 374 g/mol. The standard InChI is InChI=1S/C17H16ClF4N3/c18-15-9-14(19)3-1-12(15)11-24-5-7-25(8-6-24)16-4-2-13(10-23-16)17(20,21)22/h1-4,9-10H,5-8,11H2. The molecule has 1 aromatic heterocycles. The van der Waals surface area contributed by atoms with Crippen LogP contribution in [0.5, 0.6) is 0 Å². The molecule has 0 spiro atoms. The lowest BCUT2D eigenvalue weighted by Crippen LogP contribution is -2.46. The van der Waals surface area contributed by atoms with E-state index in [1.54, 1.807) is 6.07 Å². The molecule has 8 heteroatoms. The zero-order valence-corrected chi connectivity index (χ0v) is 14.0. The van der Waals surface area contributed by atoms with Gasteiger partial charge in [-0.15, -0.1) is 0 Å². The molecule has 3 nitrogen and oxygen atoms in total. The van der Waals surface area contributed by atoms with Crippen molar-refractivity contribution in [2.45, 2.75) is 12.7 Å². The van der Waals surface area contributed by atoms with Crippen LogP contribution in [0.1, 0.15) is 11.1 Å². The number of anilines is 1. The smallest absolute Gasteiger partial charge is 0.354 e. The largest absolute Gasteiger partial charge is 0.417 e. The van der Waals surface area contributed by atoms with Crippen molar-refractivity contribution >= 4 is 17.4 Å². The third kappa shape index (κ3) is 4.41. The first kappa shape index (κ1) is 17.9. The molecule has 0 aliphatic carbocycles. The summed E-state index contributed by atoms with van der Waals surface area (Å²) < 4.78 is 50.8. The molecule has 0 bridgehead atoms. The Kier molecular flexibility index (Phi) is 5.15. The van der Waals surface area contributed by atoms with Gasteiger partial charge in [-0.05, 0) is 29.8 Å². The van der Waals surface area contributed by atoms with Crippen LogP contribution in [0.25, 0.3) is 0 Å². The molecule has 0 saturated carbocycles. The highest BCUT2D eigenvalue weighted by Gasteiger charge is 2.31. The molecule has 2 heterocycles. The van der Waals surface area contributed by atoms with Gasteiger partial charge in [0.15, 0.2) is 0 Å². The van der Waals surface area contributed by atoms with Crippen molar-refractivity contribution in [2.24, 2.45) is 0 Å².